The van der Waals surface area contributed by atoms with Gasteiger partial charge < -0.3 is 0 Å². The van der Waals surface area contributed by atoms with Crippen LogP contribution in [0.25, 0.3) is 0 Å². The molecule has 5 rings (SSSR count). The van der Waals surface area contributed by atoms with Gasteiger partial charge in [-0.1, -0.05) is 66.2 Å². The lowest BCUT2D eigenvalue weighted by Crippen LogP contribution is -2.42. The molecule has 0 radical (unpaired) electrons. The van der Waals surface area contributed by atoms with Crippen LogP contribution in [0.2, 0.25) is 5.02 Å². The Bertz CT molecular complexity index is 1340. The van der Waals surface area contributed by atoms with Crippen LogP contribution < -0.4 is 4.90 Å². The average Bonchev–Trinajstić information content (AvgIpc) is 3.33. The topological polar surface area (TPSA) is 94.2 Å². The van der Waals surface area contributed by atoms with Crippen LogP contribution in [0, 0.1) is 10.1 Å². The fourth-order valence-electron chi connectivity index (χ4n) is 4.28. The van der Waals surface area contributed by atoms with Gasteiger partial charge in [-0.25, -0.2) is 4.68 Å². The Labute approximate surface area is 194 Å². The van der Waals surface area contributed by atoms with Crippen LogP contribution in [0.15, 0.2) is 85.2 Å². The standard InChI is InChI=1S/C24H18ClN5O3/c25-20-12-5-4-11-19(20)22-14-21(16-7-2-1-3-8-16)28(24-26-15-27-29(22)24)23(31)17-9-6-10-18(13-17)30(32)33/h1-13,15,21-22H,14H2/t21-,22-/m0/s1. The number of rotatable bonds is 4. The Kier molecular flexibility index (Phi) is 5.35. The van der Waals surface area contributed by atoms with Crippen molar-refractivity contribution in [2.45, 2.75) is 18.5 Å². The average molecular weight is 460 g/mol. The SMILES string of the molecule is O=C(c1cccc([N+](=O)[O-])c1)N1c2ncnn2[C@H](c2ccccc2Cl)C[C@H]1c1ccccc1. The Morgan fingerprint density at radius 2 is 1.76 bits per heavy atom. The molecule has 8 nitrogen and oxygen atoms in total. The number of hydrogen-bond acceptors (Lipinski definition) is 5. The molecular weight excluding hydrogens is 442 g/mol. The molecule has 0 saturated heterocycles. The fourth-order valence-corrected chi connectivity index (χ4v) is 4.54. The molecule has 0 spiro atoms. The highest BCUT2D eigenvalue weighted by molar-refractivity contribution is 6.31. The van der Waals surface area contributed by atoms with E-state index in [2.05, 4.69) is 10.1 Å². The minimum Gasteiger partial charge on any atom is -0.269 e. The molecule has 0 fully saturated rings. The molecule has 1 aromatic heterocycles. The van der Waals surface area contributed by atoms with Gasteiger partial charge in [-0.3, -0.25) is 19.8 Å². The molecule has 0 saturated carbocycles. The van der Waals surface area contributed by atoms with Crippen molar-refractivity contribution in [1.29, 1.82) is 0 Å². The van der Waals surface area contributed by atoms with Gasteiger partial charge in [0.2, 0.25) is 5.95 Å². The molecule has 0 unspecified atom stereocenters. The van der Waals surface area contributed by atoms with Crippen LogP contribution >= 0.6 is 11.6 Å². The van der Waals surface area contributed by atoms with Crippen LogP contribution in [0.3, 0.4) is 0 Å². The minimum absolute atomic E-state index is 0.149. The number of anilines is 1. The zero-order valence-electron chi connectivity index (χ0n) is 17.3. The number of non-ortho nitro benzene ring substituents is 1. The first-order valence-corrected chi connectivity index (χ1v) is 10.7. The summed E-state index contributed by atoms with van der Waals surface area (Å²) in [5.74, 6) is -0.0315. The molecule has 1 aliphatic rings. The quantitative estimate of drug-likeness (QED) is 0.308. The second-order valence-electron chi connectivity index (χ2n) is 7.69. The van der Waals surface area contributed by atoms with Gasteiger partial charge in [0, 0.05) is 22.7 Å². The van der Waals surface area contributed by atoms with Crippen molar-refractivity contribution in [3.8, 4) is 0 Å². The number of hydrogen-bond donors (Lipinski definition) is 0. The van der Waals surface area contributed by atoms with Gasteiger partial charge in [-0.2, -0.15) is 10.1 Å². The van der Waals surface area contributed by atoms with E-state index in [1.807, 2.05) is 54.6 Å². The van der Waals surface area contributed by atoms with Gasteiger partial charge in [-0.05, 0) is 29.7 Å². The van der Waals surface area contributed by atoms with E-state index in [0.717, 1.165) is 11.1 Å². The molecule has 0 bridgehead atoms. The maximum absolute atomic E-state index is 13.7. The van der Waals surface area contributed by atoms with Crippen molar-refractivity contribution in [1.82, 2.24) is 14.8 Å². The zero-order chi connectivity index (χ0) is 22.9. The Morgan fingerprint density at radius 1 is 1.00 bits per heavy atom. The van der Waals surface area contributed by atoms with E-state index in [-0.39, 0.29) is 29.2 Å². The number of aromatic nitrogens is 3. The van der Waals surface area contributed by atoms with Crippen LogP contribution in [-0.2, 0) is 0 Å². The monoisotopic (exact) mass is 459 g/mol. The number of carbonyl (C=O) groups excluding carboxylic acids is 1. The number of nitro benzene ring substituents is 1. The lowest BCUT2D eigenvalue weighted by Gasteiger charge is -2.39. The number of amides is 1. The summed E-state index contributed by atoms with van der Waals surface area (Å²) in [7, 11) is 0. The highest BCUT2D eigenvalue weighted by Gasteiger charge is 2.40. The van der Waals surface area contributed by atoms with Crippen LogP contribution in [0.4, 0.5) is 11.6 Å². The van der Waals surface area contributed by atoms with E-state index in [4.69, 9.17) is 11.6 Å². The summed E-state index contributed by atoms with van der Waals surface area (Å²) in [4.78, 5) is 30.4. The first-order chi connectivity index (χ1) is 16.0. The van der Waals surface area contributed by atoms with Crippen molar-refractivity contribution in [3.63, 3.8) is 0 Å². The molecule has 0 N–H and O–H groups in total. The summed E-state index contributed by atoms with van der Waals surface area (Å²) in [5, 5.41) is 16.3. The maximum Gasteiger partial charge on any atom is 0.270 e. The molecule has 1 amide bonds. The van der Waals surface area contributed by atoms with E-state index in [1.165, 1.54) is 24.5 Å². The first-order valence-electron chi connectivity index (χ1n) is 10.3. The maximum atomic E-state index is 13.7. The molecule has 0 aliphatic carbocycles. The lowest BCUT2D eigenvalue weighted by atomic mass is 9.91. The van der Waals surface area contributed by atoms with Gasteiger partial charge in [0.15, 0.2) is 0 Å². The number of benzene rings is 3. The highest BCUT2D eigenvalue weighted by atomic mass is 35.5. The molecule has 3 aromatic carbocycles. The summed E-state index contributed by atoms with van der Waals surface area (Å²) >= 11 is 6.52. The third kappa shape index (κ3) is 3.74. The molecule has 4 aromatic rings. The molecule has 2 heterocycles. The van der Waals surface area contributed by atoms with E-state index >= 15 is 0 Å². The summed E-state index contributed by atoms with van der Waals surface area (Å²) in [6, 6.07) is 22.3. The second kappa shape index (κ2) is 8.48. The van der Waals surface area contributed by atoms with Crippen molar-refractivity contribution in [2.24, 2.45) is 0 Å². The zero-order valence-corrected chi connectivity index (χ0v) is 18.0. The van der Waals surface area contributed by atoms with Crippen molar-refractivity contribution < 1.29 is 9.72 Å². The Morgan fingerprint density at radius 3 is 2.52 bits per heavy atom. The number of nitrogens with zero attached hydrogens (tertiary/aromatic N) is 5. The third-order valence-electron chi connectivity index (χ3n) is 5.79. The van der Waals surface area contributed by atoms with Crippen molar-refractivity contribution >= 4 is 29.1 Å². The van der Waals surface area contributed by atoms with E-state index < -0.39 is 4.92 Å². The summed E-state index contributed by atoms with van der Waals surface area (Å²) in [6.07, 6.45) is 1.91. The second-order valence-corrected chi connectivity index (χ2v) is 8.09. The van der Waals surface area contributed by atoms with Gasteiger partial charge in [0.1, 0.15) is 6.33 Å². The lowest BCUT2D eigenvalue weighted by molar-refractivity contribution is -0.384. The minimum atomic E-state index is -0.516. The number of carbonyl (C=O) groups is 1. The van der Waals surface area contributed by atoms with Gasteiger partial charge in [0.25, 0.3) is 11.6 Å². The molecule has 9 heteroatoms. The number of halogens is 1. The van der Waals surface area contributed by atoms with Crippen molar-refractivity contribution in [2.75, 3.05) is 4.90 Å². The number of fused-ring (bicyclic) bond motifs is 1. The first kappa shape index (κ1) is 20.8. The Balaban J connectivity index is 1.66. The molecule has 1 aliphatic heterocycles. The van der Waals surface area contributed by atoms with E-state index in [0.29, 0.717) is 17.4 Å². The van der Waals surface area contributed by atoms with Crippen LogP contribution in [0.5, 0.6) is 0 Å². The Hall–Kier alpha value is -4.04. The van der Waals surface area contributed by atoms with Gasteiger partial charge in [0.05, 0.1) is 17.0 Å². The van der Waals surface area contributed by atoms with Gasteiger partial charge in [-0.15, -0.1) is 0 Å². The van der Waals surface area contributed by atoms with Crippen LogP contribution in [0.1, 0.15) is 40.0 Å². The summed E-state index contributed by atoms with van der Waals surface area (Å²) in [5.41, 5.74) is 1.86. The van der Waals surface area contributed by atoms with Gasteiger partial charge >= 0.3 is 0 Å². The molecule has 164 valence electrons. The van der Waals surface area contributed by atoms with E-state index in [1.54, 1.807) is 15.6 Å². The predicted octanol–water partition coefficient (Wildman–Crippen LogP) is 5.22. The summed E-state index contributed by atoms with van der Waals surface area (Å²) < 4.78 is 1.69. The normalized spacial score (nSPS) is 17.4. The predicted molar refractivity (Wildman–Crippen MR) is 123 cm³/mol. The molecular formula is C24H18ClN5O3. The van der Waals surface area contributed by atoms with E-state index in [9.17, 15) is 14.9 Å². The largest absolute Gasteiger partial charge is 0.270 e. The third-order valence-corrected chi connectivity index (χ3v) is 6.14. The fraction of sp³-hybridized carbons (Fsp3) is 0.125. The smallest absolute Gasteiger partial charge is 0.269 e. The molecule has 33 heavy (non-hydrogen) atoms. The van der Waals surface area contributed by atoms with Crippen molar-refractivity contribution in [3.05, 3.63) is 117 Å². The summed E-state index contributed by atoms with van der Waals surface area (Å²) in [6.45, 7) is 0. The molecule has 2 atom stereocenters. The highest BCUT2D eigenvalue weighted by Crippen LogP contribution is 2.43. The van der Waals surface area contributed by atoms with Crippen LogP contribution in [-0.4, -0.2) is 25.6 Å². The number of nitro groups is 1.